The molecule has 2 atom stereocenters. The molecule has 1 aromatic carbocycles. The molecule has 4 rings (SSSR count). The Hall–Kier alpha value is -1.79. The summed E-state index contributed by atoms with van der Waals surface area (Å²) in [5.74, 6) is 1.62. The first kappa shape index (κ1) is 16.7. The van der Waals surface area contributed by atoms with Gasteiger partial charge in [0.1, 0.15) is 0 Å². The van der Waals surface area contributed by atoms with Crippen LogP contribution in [-0.4, -0.2) is 57.1 Å². The average molecular weight is 347 g/mol. The second-order valence-electron chi connectivity index (χ2n) is 7.23. The molecule has 3 aliphatic rings. The van der Waals surface area contributed by atoms with Gasteiger partial charge < -0.3 is 23.8 Å². The Kier molecular flexibility index (Phi) is 4.56. The number of fused-ring (bicyclic) bond motifs is 2. The van der Waals surface area contributed by atoms with E-state index in [2.05, 4.69) is 0 Å². The molecule has 0 aliphatic carbocycles. The number of hydrogen-bond donors (Lipinski definition) is 0. The number of carbonyl (C=O) groups is 1. The maximum absolute atomic E-state index is 12.9. The third-order valence-electron chi connectivity index (χ3n) is 5.56. The van der Waals surface area contributed by atoms with Crippen molar-refractivity contribution in [3.63, 3.8) is 0 Å². The fourth-order valence-electron chi connectivity index (χ4n) is 4.34. The number of rotatable bonds is 4. The van der Waals surface area contributed by atoms with Crippen LogP contribution in [0.3, 0.4) is 0 Å². The summed E-state index contributed by atoms with van der Waals surface area (Å²) < 4.78 is 22.2. The van der Waals surface area contributed by atoms with Crippen LogP contribution in [0.2, 0.25) is 0 Å². The zero-order chi connectivity index (χ0) is 17.3. The van der Waals surface area contributed by atoms with Gasteiger partial charge >= 0.3 is 0 Å². The molecule has 3 heterocycles. The lowest BCUT2D eigenvalue weighted by Crippen LogP contribution is -2.58. The summed E-state index contributed by atoms with van der Waals surface area (Å²) in [5.41, 5.74) is 0.896. The van der Waals surface area contributed by atoms with Crippen molar-refractivity contribution in [2.75, 3.05) is 40.2 Å². The molecule has 2 saturated heterocycles. The molecule has 0 bridgehead atoms. The molecule has 2 fully saturated rings. The maximum Gasteiger partial charge on any atom is 0.231 e. The fourth-order valence-corrected chi connectivity index (χ4v) is 4.34. The molecule has 136 valence electrons. The Labute approximate surface area is 148 Å². The second-order valence-corrected chi connectivity index (χ2v) is 7.23. The molecule has 1 amide bonds. The van der Waals surface area contributed by atoms with E-state index in [0.29, 0.717) is 13.0 Å². The zero-order valence-corrected chi connectivity index (χ0v) is 14.7. The molecule has 0 unspecified atom stereocenters. The van der Waals surface area contributed by atoms with E-state index in [-0.39, 0.29) is 24.2 Å². The molecule has 6 nitrogen and oxygen atoms in total. The number of methoxy groups -OCH3 is 1. The van der Waals surface area contributed by atoms with Gasteiger partial charge in [0, 0.05) is 32.2 Å². The van der Waals surface area contributed by atoms with Gasteiger partial charge in [0.25, 0.3) is 0 Å². The van der Waals surface area contributed by atoms with Crippen molar-refractivity contribution in [2.24, 2.45) is 5.41 Å². The highest BCUT2D eigenvalue weighted by Gasteiger charge is 2.46. The molecule has 0 N–H and O–H groups in total. The topological polar surface area (TPSA) is 57.2 Å². The van der Waals surface area contributed by atoms with Crippen LogP contribution in [0.1, 0.15) is 24.8 Å². The molecule has 1 aromatic rings. The maximum atomic E-state index is 12.9. The Balaban J connectivity index is 1.45. The van der Waals surface area contributed by atoms with E-state index in [0.717, 1.165) is 56.0 Å². The van der Waals surface area contributed by atoms with Gasteiger partial charge in [-0.1, -0.05) is 6.07 Å². The quantitative estimate of drug-likeness (QED) is 0.834. The van der Waals surface area contributed by atoms with E-state index in [1.807, 2.05) is 23.1 Å². The number of amides is 1. The molecule has 3 aliphatic heterocycles. The lowest BCUT2D eigenvalue weighted by molar-refractivity contribution is -0.161. The highest BCUT2D eigenvalue weighted by molar-refractivity contribution is 5.79. The first-order valence-electron chi connectivity index (χ1n) is 8.97. The summed E-state index contributed by atoms with van der Waals surface area (Å²) in [5, 5.41) is 0. The highest BCUT2D eigenvalue weighted by Crippen LogP contribution is 2.40. The molecule has 25 heavy (non-hydrogen) atoms. The number of hydrogen-bond acceptors (Lipinski definition) is 5. The van der Waals surface area contributed by atoms with Crippen molar-refractivity contribution in [3.8, 4) is 11.5 Å². The summed E-state index contributed by atoms with van der Waals surface area (Å²) >= 11 is 0. The predicted molar refractivity (Wildman–Crippen MR) is 90.7 cm³/mol. The minimum atomic E-state index is -0.0597. The van der Waals surface area contributed by atoms with Crippen molar-refractivity contribution < 1.29 is 23.7 Å². The van der Waals surface area contributed by atoms with Crippen LogP contribution in [0.15, 0.2) is 18.2 Å². The normalized spacial score (nSPS) is 27.9. The smallest absolute Gasteiger partial charge is 0.231 e. The van der Waals surface area contributed by atoms with E-state index < -0.39 is 0 Å². The second kappa shape index (κ2) is 6.84. The van der Waals surface area contributed by atoms with Crippen LogP contribution in [-0.2, 0) is 20.7 Å². The zero-order valence-electron chi connectivity index (χ0n) is 14.7. The van der Waals surface area contributed by atoms with Crippen molar-refractivity contribution >= 4 is 5.91 Å². The Morgan fingerprint density at radius 1 is 1.36 bits per heavy atom. The first-order valence-corrected chi connectivity index (χ1v) is 8.97. The third kappa shape index (κ3) is 3.20. The van der Waals surface area contributed by atoms with Crippen molar-refractivity contribution in [1.82, 2.24) is 4.90 Å². The molecule has 0 radical (unpaired) electrons. The Morgan fingerprint density at radius 2 is 2.24 bits per heavy atom. The number of benzene rings is 1. The van der Waals surface area contributed by atoms with Gasteiger partial charge in [-0.15, -0.1) is 0 Å². The van der Waals surface area contributed by atoms with Crippen LogP contribution in [0.5, 0.6) is 11.5 Å². The van der Waals surface area contributed by atoms with Gasteiger partial charge in [0.15, 0.2) is 11.5 Å². The van der Waals surface area contributed by atoms with Gasteiger partial charge in [-0.25, -0.2) is 0 Å². The van der Waals surface area contributed by atoms with Crippen LogP contribution >= 0.6 is 0 Å². The summed E-state index contributed by atoms with van der Waals surface area (Å²) in [6, 6.07) is 5.72. The molecule has 0 saturated carbocycles. The molecular formula is C19H25NO5. The number of carbonyl (C=O) groups excluding carboxylic acids is 1. The highest BCUT2D eigenvalue weighted by atomic mass is 16.7. The van der Waals surface area contributed by atoms with Gasteiger partial charge in [0.05, 0.1) is 19.1 Å². The number of ether oxygens (including phenoxy) is 4. The average Bonchev–Trinajstić information content (AvgIpc) is 3.09. The van der Waals surface area contributed by atoms with Crippen molar-refractivity contribution in [2.45, 2.75) is 31.8 Å². The minimum Gasteiger partial charge on any atom is -0.454 e. The van der Waals surface area contributed by atoms with E-state index in [1.54, 1.807) is 7.11 Å². The molecule has 0 spiro atoms. The predicted octanol–water partition coefficient (Wildman–Crippen LogP) is 2.00. The van der Waals surface area contributed by atoms with Gasteiger partial charge in [-0.2, -0.15) is 0 Å². The summed E-state index contributed by atoms with van der Waals surface area (Å²) in [6.45, 7) is 3.18. The van der Waals surface area contributed by atoms with Crippen molar-refractivity contribution in [3.05, 3.63) is 23.8 Å². The van der Waals surface area contributed by atoms with Crippen LogP contribution < -0.4 is 9.47 Å². The monoisotopic (exact) mass is 347 g/mol. The van der Waals surface area contributed by atoms with Crippen LogP contribution in [0.4, 0.5) is 0 Å². The largest absolute Gasteiger partial charge is 0.454 e. The van der Waals surface area contributed by atoms with Gasteiger partial charge in [0.2, 0.25) is 12.7 Å². The van der Waals surface area contributed by atoms with Crippen molar-refractivity contribution in [1.29, 1.82) is 0 Å². The van der Waals surface area contributed by atoms with Gasteiger partial charge in [-0.05, 0) is 37.0 Å². The van der Waals surface area contributed by atoms with Crippen LogP contribution in [0, 0.1) is 5.41 Å². The lowest BCUT2D eigenvalue weighted by Gasteiger charge is -2.50. The SMILES string of the molecule is COC[C@]12CCCO[C@H]1CCN(C(=O)Cc1ccc3c(c1)OCO3)C2. The Bertz CT molecular complexity index is 645. The third-order valence-corrected chi connectivity index (χ3v) is 5.56. The standard InChI is InChI=1S/C19H25NO5/c1-22-12-19-6-2-8-23-17(19)5-7-20(11-19)18(21)10-14-3-4-15-16(9-14)25-13-24-15/h3-4,9,17H,2,5-8,10-13H2,1H3/t17-,19+/m0/s1. The van der Waals surface area contributed by atoms with Gasteiger partial charge in [-0.3, -0.25) is 4.79 Å². The van der Waals surface area contributed by atoms with E-state index in [1.165, 1.54) is 0 Å². The Morgan fingerprint density at radius 3 is 3.12 bits per heavy atom. The summed E-state index contributed by atoms with van der Waals surface area (Å²) in [7, 11) is 1.73. The lowest BCUT2D eigenvalue weighted by atomic mass is 9.73. The van der Waals surface area contributed by atoms with E-state index >= 15 is 0 Å². The number of piperidine rings is 1. The fraction of sp³-hybridized carbons (Fsp3) is 0.632. The summed E-state index contributed by atoms with van der Waals surface area (Å²) in [6.07, 6.45) is 3.56. The minimum absolute atomic E-state index is 0.0597. The van der Waals surface area contributed by atoms with Crippen LogP contribution in [0.25, 0.3) is 0 Å². The first-order chi connectivity index (χ1) is 12.2. The molecule has 0 aromatic heterocycles. The summed E-state index contributed by atoms with van der Waals surface area (Å²) in [4.78, 5) is 14.8. The van der Waals surface area contributed by atoms with E-state index in [9.17, 15) is 4.79 Å². The molecular weight excluding hydrogens is 322 g/mol. The molecule has 6 heteroatoms. The number of likely N-dealkylation sites (tertiary alicyclic amines) is 1. The van der Waals surface area contributed by atoms with E-state index in [4.69, 9.17) is 18.9 Å². The number of nitrogens with zero attached hydrogens (tertiary/aromatic N) is 1.